The van der Waals surface area contributed by atoms with Crippen LogP contribution in [0.1, 0.15) is 25.8 Å². The molecule has 15 heteroatoms. The summed E-state index contributed by atoms with van der Waals surface area (Å²) >= 11 is 0. The number of carbonyl (C=O) groups excluding carboxylic acids is 1. The zero-order valence-electron chi connectivity index (χ0n) is 28.2. The molecule has 4 aromatic rings. The molecular formula is C36H40N4O10S. The lowest BCUT2D eigenvalue weighted by atomic mass is 10.0. The van der Waals surface area contributed by atoms with Crippen LogP contribution in [-0.2, 0) is 30.7 Å². The Labute approximate surface area is 295 Å². The number of nitrogens with zero attached hydrogens (tertiary/aromatic N) is 3. The molecule has 0 saturated carbocycles. The third-order valence-electron chi connectivity index (χ3n) is 8.89. The summed E-state index contributed by atoms with van der Waals surface area (Å²) in [6.45, 7) is 4.34. The van der Waals surface area contributed by atoms with Gasteiger partial charge in [0, 0.05) is 36.3 Å². The fourth-order valence-electron chi connectivity index (χ4n) is 6.25. The molecule has 2 saturated heterocycles. The number of fused-ring (bicyclic) bond motifs is 1. The van der Waals surface area contributed by atoms with Crippen molar-refractivity contribution in [2.24, 2.45) is 11.8 Å². The van der Waals surface area contributed by atoms with Crippen LogP contribution in [0.5, 0.6) is 0 Å². The monoisotopic (exact) mass is 720 g/mol. The van der Waals surface area contributed by atoms with Crippen molar-refractivity contribution in [1.29, 1.82) is 0 Å². The van der Waals surface area contributed by atoms with Crippen molar-refractivity contribution in [3.05, 3.63) is 101 Å². The summed E-state index contributed by atoms with van der Waals surface area (Å²) in [5, 5.41) is 25.4. The molecule has 0 bridgehead atoms. The van der Waals surface area contributed by atoms with Crippen molar-refractivity contribution in [1.82, 2.24) is 14.6 Å². The van der Waals surface area contributed by atoms with Crippen LogP contribution >= 0.6 is 0 Å². The molecule has 2 N–H and O–H groups in total. The number of aliphatic hydroxyl groups is 1. The number of oxazole rings is 1. The van der Waals surface area contributed by atoms with Crippen LogP contribution < -0.4 is 5.32 Å². The number of nitro groups is 1. The summed E-state index contributed by atoms with van der Waals surface area (Å²) < 4.78 is 51.7. The van der Waals surface area contributed by atoms with Gasteiger partial charge in [-0.1, -0.05) is 56.3 Å². The highest BCUT2D eigenvalue weighted by Gasteiger charge is 2.44. The number of sulfonamides is 1. The fraction of sp³-hybridized carbons (Fsp3) is 0.389. The van der Waals surface area contributed by atoms with E-state index in [-0.39, 0.29) is 54.4 Å². The van der Waals surface area contributed by atoms with Crippen LogP contribution in [0.15, 0.2) is 94.4 Å². The number of alkyl carbamates (subject to hydrolysis) is 1. The molecule has 3 aromatic carbocycles. The van der Waals surface area contributed by atoms with Gasteiger partial charge in [0.05, 0.1) is 41.1 Å². The predicted molar refractivity (Wildman–Crippen MR) is 185 cm³/mol. The second kappa shape index (κ2) is 15.7. The average molecular weight is 721 g/mol. The number of aliphatic hydroxyl groups excluding tert-OH is 1. The van der Waals surface area contributed by atoms with E-state index in [2.05, 4.69) is 10.3 Å². The Morgan fingerprint density at radius 3 is 2.43 bits per heavy atom. The molecule has 6 rings (SSSR count). The topological polar surface area (TPSA) is 184 Å². The van der Waals surface area contributed by atoms with E-state index >= 15 is 0 Å². The molecule has 270 valence electrons. The Morgan fingerprint density at radius 2 is 1.75 bits per heavy atom. The molecule has 14 nitrogen and oxygen atoms in total. The van der Waals surface area contributed by atoms with Gasteiger partial charge in [0.15, 0.2) is 6.29 Å². The molecule has 3 heterocycles. The molecule has 5 atom stereocenters. The molecule has 2 fully saturated rings. The van der Waals surface area contributed by atoms with Gasteiger partial charge in [-0.15, -0.1) is 0 Å². The number of rotatable bonds is 14. The Hall–Kier alpha value is -4.67. The molecule has 2 aliphatic heterocycles. The molecule has 0 radical (unpaired) electrons. The quantitative estimate of drug-likeness (QED) is 0.132. The van der Waals surface area contributed by atoms with Crippen LogP contribution in [0.3, 0.4) is 0 Å². The molecule has 0 spiro atoms. The van der Waals surface area contributed by atoms with E-state index < -0.39 is 45.6 Å². The predicted octanol–water partition coefficient (Wildman–Crippen LogP) is 5.02. The SMILES string of the molecule is CC(C)CN(C[C@@H](O)[C@H](Cc1ccccc1)NC(=O)O[C@H]1CO[C@H]2OCC[C@H]21)S(=O)(=O)c1ccc(-c2coc(-c3ccc([N+](=O)[O-])cc3)n2)cc1. The van der Waals surface area contributed by atoms with Gasteiger partial charge in [-0.2, -0.15) is 4.31 Å². The number of hydrogen-bond donors (Lipinski definition) is 2. The lowest BCUT2D eigenvalue weighted by Gasteiger charge is -2.31. The number of non-ortho nitro benzene ring substituents is 1. The maximum absolute atomic E-state index is 14.0. The van der Waals surface area contributed by atoms with Crippen molar-refractivity contribution < 1.29 is 41.9 Å². The van der Waals surface area contributed by atoms with E-state index in [1.165, 1.54) is 47.0 Å². The second-order valence-corrected chi connectivity index (χ2v) is 15.0. The summed E-state index contributed by atoms with van der Waals surface area (Å²) in [7, 11) is -4.10. The van der Waals surface area contributed by atoms with E-state index in [1.807, 2.05) is 44.2 Å². The van der Waals surface area contributed by atoms with Crippen molar-refractivity contribution in [2.75, 3.05) is 26.3 Å². The molecule has 0 aliphatic carbocycles. The van der Waals surface area contributed by atoms with Crippen LogP contribution in [0, 0.1) is 22.0 Å². The number of hydrogen-bond acceptors (Lipinski definition) is 11. The first-order chi connectivity index (χ1) is 24.5. The van der Waals surface area contributed by atoms with E-state index in [9.17, 15) is 28.4 Å². The van der Waals surface area contributed by atoms with Crippen LogP contribution in [0.2, 0.25) is 0 Å². The first kappa shape index (κ1) is 36.1. The lowest BCUT2D eigenvalue weighted by Crippen LogP contribution is -2.51. The molecule has 1 aromatic heterocycles. The minimum atomic E-state index is -4.10. The highest BCUT2D eigenvalue weighted by atomic mass is 32.2. The van der Waals surface area contributed by atoms with Gasteiger partial charge in [-0.25, -0.2) is 18.2 Å². The van der Waals surface area contributed by atoms with E-state index in [0.717, 1.165) is 5.56 Å². The minimum absolute atomic E-state index is 0.0136. The maximum atomic E-state index is 14.0. The largest absolute Gasteiger partial charge is 0.444 e. The fourth-order valence-corrected chi connectivity index (χ4v) is 7.87. The van der Waals surface area contributed by atoms with E-state index in [0.29, 0.717) is 29.8 Å². The van der Waals surface area contributed by atoms with Crippen molar-refractivity contribution in [3.8, 4) is 22.7 Å². The van der Waals surface area contributed by atoms with Gasteiger partial charge >= 0.3 is 6.09 Å². The van der Waals surface area contributed by atoms with Crippen LogP contribution in [0.4, 0.5) is 10.5 Å². The Morgan fingerprint density at radius 1 is 1.04 bits per heavy atom. The molecule has 2 aliphatic rings. The maximum Gasteiger partial charge on any atom is 0.407 e. The number of benzene rings is 3. The molecular weight excluding hydrogens is 680 g/mol. The summed E-state index contributed by atoms with van der Waals surface area (Å²) in [5.41, 5.74) is 2.37. The van der Waals surface area contributed by atoms with Gasteiger partial charge in [-0.05, 0) is 48.6 Å². The lowest BCUT2D eigenvalue weighted by molar-refractivity contribution is -0.384. The first-order valence-electron chi connectivity index (χ1n) is 16.7. The second-order valence-electron chi connectivity index (χ2n) is 13.1. The van der Waals surface area contributed by atoms with E-state index in [4.69, 9.17) is 18.6 Å². The van der Waals surface area contributed by atoms with Crippen LogP contribution in [0.25, 0.3) is 22.7 Å². The van der Waals surface area contributed by atoms with Crippen LogP contribution in [-0.4, -0.2) is 84.7 Å². The number of carbonyl (C=O) groups is 1. The number of amides is 1. The Balaban J connectivity index is 1.17. The summed E-state index contributed by atoms with van der Waals surface area (Å²) in [5.74, 6) is 0.117. The van der Waals surface area contributed by atoms with Gasteiger partial charge < -0.3 is 29.1 Å². The van der Waals surface area contributed by atoms with Gasteiger partial charge in [0.1, 0.15) is 18.1 Å². The average Bonchev–Trinajstić information content (AvgIpc) is 3.88. The van der Waals surface area contributed by atoms with Gasteiger partial charge in [-0.3, -0.25) is 10.1 Å². The molecule has 1 amide bonds. The first-order valence-corrected chi connectivity index (χ1v) is 18.1. The summed E-state index contributed by atoms with van der Waals surface area (Å²) in [6, 6.07) is 20.3. The van der Waals surface area contributed by atoms with Crippen molar-refractivity contribution in [2.45, 2.75) is 56.1 Å². The highest BCUT2D eigenvalue weighted by Crippen LogP contribution is 2.33. The summed E-state index contributed by atoms with van der Waals surface area (Å²) in [6.07, 6.45) is -0.532. The Bertz CT molecular complexity index is 1900. The highest BCUT2D eigenvalue weighted by molar-refractivity contribution is 7.89. The zero-order chi connectivity index (χ0) is 36.1. The van der Waals surface area contributed by atoms with Gasteiger partial charge in [0.25, 0.3) is 5.69 Å². The summed E-state index contributed by atoms with van der Waals surface area (Å²) in [4.78, 5) is 28.1. The molecule has 51 heavy (non-hydrogen) atoms. The standard InChI is InChI=1S/C36H40N4O10S/c1-23(2)19-39(20-32(41)30(18-24-6-4-3-5-7-24)38-36(42)50-33-22-49-35-29(33)16-17-47-35)51(45,46)28-14-10-25(11-15-28)31-21-48-34(37-31)26-8-12-27(13-9-26)40(43)44/h3-15,21,23,29-30,32-33,35,41H,16-20,22H2,1-2H3,(H,38,42)/t29-,30-,32+,33-,35+/m0/s1. The third kappa shape index (κ3) is 8.63. The number of nitro benzene ring substituents is 1. The van der Waals surface area contributed by atoms with Gasteiger partial charge in [0.2, 0.25) is 15.9 Å². The number of aromatic nitrogens is 1. The minimum Gasteiger partial charge on any atom is -0.444 e. The van der Waals surface area contributed by atoms with Crippen molar-refractivity contribution >= 4 is 21.8 Å². The third-order valence-corrected chi connectivity index (χ3v) is 10.7. The Kier molecular flexibility index (Phi) is 11.1. The number of ether oxygens (including phenoxy) is 3. The van der Waals surface area contributed by atoms with Crippen molar-refractivity contribution in [3.63, 3.8) is 0 Å². The smallest absolute Gasteiger partial charge is 0.407 e. The van der Waals surface area contributed by atoms with E-state index in [1.54, 1.807) is 12.1 Å². The zero-order valence-corrected chi connectivity index (χ0v) is 29.0. The number of nitrogens with one attached hydrogen (secondary N) is 1. The normalized spacial score (nSPS) is 19.9. The molecule has 0 unspecified atom stereocenters.